The van der Waals surface area contributed by atoms with Crippen molar-refractivity contribution < 1.29 is 0 Å². The van der Waals surface area contributed by atoms with Gasteiger partial charge in [0.05, 0.1) is 6.54 Å². The molecule has 2 rings (SSSR count). The molecule has 2 heterocycles. The summed E-state index contributed by atoms with van der Waals surface area (Å²) in [5, 5.41) is 7.61. The van der Waals surface area contributed by atoms with Gasteiger partial charge in [0.2, 0.25) is 0 Å². The molecule has 0 aliphatic rings. The second-order valence-electron chi connectivity index (χ2n) is 5.18. The largest absolute Gasteiger partial charge is 0.366 e. The van der Waals surface area contributed by atoms with Crippen molar-refractivity contribution >= 4 is 5.82 Å². The van der Waals surface area contributed by atoms with Gasteiger partial charge >= 0.3 is 0 Å². The molecule has 0 radical (unpaired) electrons. The summed E-state index contributed by atoms with van der Waals surface area (Å²) >= 11 is 0. The van der Waals surface area contributed by atoms with Crippen LogP contribution < -0.4 is 5.32 Å². The van der Waals surface area contributed by atoms with E-state index >= 15 is 0 Å². The van der Waals surface area contributed by atoms with Crippen molar-refractivity contribution in [2.24, 2.45) is 0 Å². The Morgan fingerprint density at radius 2 is 2.05 bits per heavy atom. The smallest absolute Gasteiger partial charge is 0.133 e. The molecule has 0 amide bonds. The maximum absolute atomic E-state index is 4.55. The molecule has 1 N–H and O–H groups in total. The Labute approximate surface area is 114 Å². The van der Waals surface area contributed by atoms with Gasteiger partial charge in [-0.05, 0) is 19.9 Å². The normalized spacial score (nSPS) is 12.7. The number of nitrogens with zero attached hydrogens (tertiary/aromatic N) is 4. The van der Waals surface area contributed by atoms with Crippen LogP contribution in [0.2, 0.25) is 0 Å². The second-order valence-corrected chi connectivity index (χ2v) is 5.18. The summed E-state index contributed by atoms with van der Waals surface area (Å²) in [5.74, 6) is 2.10. The third-order valence-electron chi connectivity index (χ3n) is 2.80. The van der Waals surface area contributed by atoms with Gasteiger partial charge in [0.25, 0.3) is 0 Å². The fourth-order valence-electron chi connectivity index (χ4n) is 1.91. The number of nitrogens with one attached hydrogen (secondary N) is 1. The number of anilines is 1. The summed E-state index contributed by atoms with van der Waals surface area (Å²) in [6.07, 6.45) is 3.75. The van der Waals surface area contributed by atoms with Crippen LogP contribution in [0.3, 0.4) is 0 Å². The molecule has 1 unspecified atom stereocenters. The minimum absolute atomic E-state index is 0.259. The number of aromatic nitrogens is 4. The van der Waals surface area contributed by atoms with E-state index in [9.17, 15) is 0 Å². The molecule has 1 atom stereocenters. The van der Waals surface area contributed by atoms with Gasteiger partial charge in [-0.15, -0.1) is 0 Å². The predicted molar refractivity (Wildman–Crippen MR) is 76.2 cm³/mol. The Hall–Kier alpha value is -1.91. The molecule has 19 heavy (non-hydrogen) atoms. The molecule has 0 fully saturated rings. The van der Waals surface area contributed by atoms with Crippen molar-refractivity contribution in [2.45, 2.75) is 46.2 Å². The summed E-state index contributed by atoms with van der Waals surface area (Å²) < 4.78 is 1.91. The minimum atomic E-state index is 0.259. The molecule has 102 valence electrons. The van der Waals surface area contributed by atoms with E-state index in [4.69, 9.17) is 0 Å². The molecule has 5 heteroatoms. The number of aryl methyl sites for hydroxylation is 1. The van der Waals surface area contributed by atoms with E-state index in [0.717, 1.165) is 23.9 Å². The Kier molecular flexibility index (Phi) is 4.14. The van der Waals surface area contributed by atoms with Gasteiger partial charge in [-0.2, -0.15) is 5.10 Å². The third-order valence-corrected chi connectivity index (χ3v) is 2.80. The van der Waals surface area contributed by atoms with E-state index in [1.54, 1.807) is 6.20 Å². The zero-order chi connectivity index (χ0) is 13.8. The average Bonchev–Trinajstić information content (AvgIpc) is 2.80. The first-order valence-corrected chi connectivity index (χ1v) is 6.64. The fourth-order valence-corrected chi connectivity index (χ4v) is 1.91. The molecular formula is C14H21N5. The van der Waals surface area contributed by atoms with Crippen molar-refractivity contribution in [3.8, 4) is 0 Å². The van der Waals surface area contributed by atoms with Crippen LogP contribution in [0.15, 0.2) is 24.5 Å². The van der Waals surface area contributed by atoms with E-state index in [2.05, 4.69) is 41.2 Å². The topological polar surface area (TPSA) is 55.6 Å². The molecule has 2 aromatic rings. The molecule has 0 saturated heterocycles. The SMILES string of the molecule is Cc1cc(NC(C)Cn2cccn2)nc(C(C)C)n1. The first-order valence-electron chi connectivity index (χ1n) is 6.64. The van der Waals surface area contributed by atoms with Crippen molar-refractivity contribution in [1.82, 2.24) is 19.7 Å². The van der Waals surface area contributed by atoms with E-state index in [-0.39, 0.29) is 6.04 Å². The molecule has 0 bridgehead atoms. The molecule has 0 spiro atoms. The first kappa shape index (κ1) is 13.5. The number of hydrogen-bond donors (Lipinski definition) is 1. The van der Waals surface area contributed by atoms with Crippen LogP contribution in [0.25, 0.3) is 0 Å². The lowest BCUT2D eigenvalue weighted by Crippen LogP contribution is -2.23. The van der Waals surface area contributed by atoms with Crippen LogP contribution in [0.4, 0.5) is 5.82 Å². The predicted octanol–water partition coefficient (Wildman–Crippen LogP) is 2.61. The highest BCUT2D eigenvalue weighted by Gasteiger charge is 2.09. The van der Waals surface area contributed by atoms with Gasteiger partial charge < -0.3 is 5.32 Å². The highest BCUT2D eigenvalue weighted by molar-refractivity contribution is 5.37. The lowest BCUT2D eigenvalue weighted by molar-refractivity contribution is 0.559. The number of rotatable bonds is 5. The van der Waals surface area contributed by atoms with E-state index in [1.165, 1.54) is 0 Å². The summed E-state index contributed by atoms with van der Waals surface area (Å²) in [6.45, 7) is 9.13. The Morgan fingerprint density at radius 3 is 2.68 bits per heavy atom. The van der Waals surface area contributed by atoms with Gasteiger partial charge in [-0.3, -0.25) is 4.68 Å². The molecule has 0 aliphatic heterocycles. The van der Waals surface area contributed by atoms with E-state index in [1.807, 2.05) is 29.9 Å². The summed E-state index contributed by atoms with van der Waals surface area (Å²) in [7, 11) is 0. The summed E-state index contributed by atoms with van der Waals surface area (Å²) in [4.78, 5) is 9.00. The Morgan fingerprint density at radius 1 is 1.26 bits per heavy atom. The van der Waals surface area contributed by atoms with Gasteiger partial charge in [-0.25, -0.2) is 9.97 Å². The Bertz CT molecular complexity index is 519. The van der Waals surface area contributed by atoms with Gasteiger partial charge in [0.15, 0.2) is 0 Å². The van der Waals surface area contributed by atoms with E-state index < -0.39 is 0 Å². The summed E-state index contributed by atoms with van der Waals surface area (Å²) in [5.41, 5.74) is 0.993. The van der Waals surface area contributed by atoms with Crippen LogP contribution in [0, 0.1) is 6.92 Å². The monoisotopic (exact) mass is 259 g/mol. The van der Waals surface area contributed by atoms with Crippen LogP contribution in [-0.4, -0.2) is 25.8 Å². The molecular weight excluding hydrogens is 238 g/mol. The Balaban J connectivity index is 2.05. The zero-order valence-electron chi connectivity index (χ0n) is 12.0. The van der Waals surface area contributed by atoms with Crippen molar-refractivity contribution in [2.75, 3.05) is 5.32 Å². The first-order chi connectivity index (χ1) is 9.04. The highest BCUT2D eigenvalue weighted by atomic mass is 15.3. The zero-order valence-corrected chi connectivity index (χ0v) is 12.0. The van der Waals surface area contributed by atoms with Crippen LogP contribution in [-0.2, 0) is 6.54 Å². The second kappa shape index (κ2) is 5.82. The molecule has 0 saturated carbocycles. The van der Waals surface area contributed by atoms with Gasteiger partial charge in [-0.1, -0.05) is 13.8 Å². The van der Waals surface area contributed by atoms with Crippen molar-refractivity contribution in [1.29, 1.82) is 0 Å². The average molecular weight is 259 g/mol. The van der Waals surface area contributed by atoms with Crippen LogP contribution in [0.5, 0.6) is 0 Å². The molecule has 2 aromatic heterocycles. The minimum Gasteiger partial charge on any atom is -0.366 e. The maximum Gasteiger partial charge on any atom is 0.133 e. The lowest BCUT2D eigenvalue weighted by Gasteiger charge is -2.16. The summed E-state index contributed by atoms with van der Waals surface area (Å²) in [6, 6.07) is 4.17. The van der Waals surface area contributed by atoms with Gasteiger partial charge in [0.1, 0.15) is 11.6 Å². The quantitative estimate of drug-likeness (QED) is 0.896. The van der Waals surface area contributed by atoms with Crippen molar-refractivity contribution in [3.05, 3.63) is 36.0 Å². The molecule has 0 aromatic carbocycles. The third kappa shape index (κ3) is 3.77. The molecule has 0 aliphatic carbocycles. The standard InChI is InChI=1S/C14H21N5/c1-10(2)14-17-11(3)8-13(18-14)16-12(4)9-19-7-5-6-15-19/h5-8,10,12H,9H2,1-4H3,(H,16,17,18). The maximum atomic E-state index is 4.55. The van der Waals surface area contributed by atoms with Crippen LogP contribution >= 0.6 is 0 Å². The van der Waals surface area contributed by atoms with Gasteiger partial charge in [0, 0.05) is 36.1 Å². The number of hydrogen-bond acceptors (Lipinski definition) is 4. The van der Waals surface area contributed by atoms with Crippen LogP contribution in [0.1, 0.15) is 38.2 Å². The van der Waals surface area contributed by atoms with E-state index in [0.29, 0.717) is 5.92 Å². The fraction of sp³-hybridized carbons (Fsp3) is 0.500. The van der Waals surface area contributed by atoms with Crippen molar-refractivity contribution in [3.63, 3.8) is 0 Å². The lowest BCUT2D eigenvalue weighted by atomic mass is 10.2. The molecule has 5 nitrogen and oxygen atoms in total. The highest BCUT2D eigenvalue weighted by Crippen LogP contribution is 2.14.